The van der Waals surface area contributed by atoms with Crippen molar-refractivity contribution in [1.82, 2.24) is 5.32 Å². The van der Waals surface area contributed by atoms with Crippen LogP contribution in [-0.4, -0.2) is 19.4 Å². The second-order valence-corrected chi connectivity index (χ2v) is 2.41. The Morgan fingerprint density at radius 2 is 2.67 bits per heavy atom. The van der Waals surface area contributed by atoms with Crippen molar-refractivity contribution in [3.8, 4) is 0 Å². The second-order valence-electron chi connectivity index (χ2n) is 2.41. The summed E-state index contributed by atoms with van der Waals surface area (Å²) < 4.78 is 5.33. The Morgan fingerprint density at radius 1 is 1.89 bits per heavy atom. The van der Waals surface area contributed by atoms with E-state index in [1.165, 1.54) is 0 Å². The first-order chi connectivity index (χ1) is 4.34. The number of nitrogens with one attached hydrogen (secondary N) is 1. The number of ether oxygens (including phenoxy) is 1. The molecular weight excluding hydrogens is 114 g/mol. The van der Waals surface area contributed by atoms with Crippen LogP contribution in [0.5, 0.6) is 0 Å². The molecule has 2 atom stereocenters. The van der Waals surface area contributed by atoms with E-state index in [2.05, 4.69) is 19.2 Å². The van der Waals surface area contributed by atoms with Gasteiger partial charge < -0.3 is 4.74 Å². The number of hydrogen-bond donors (Lipinski definition) is 1. The van der Waals surface area contributed by atoms with Gasteiger partial charge >= 0.3 is 0 Å². The molecule has 0 bridgehead atoms. The molecule has 0 aliphatic carbocycles. The van der Waals surface area contributed by atoms with E-state index < -0.39 is 0 Å². The zero-order valence-electron chi connectivity index (χ0n) is 5.89. The zero-order valence-corrected chi connectivity index (χ0v) is 5.89. The standard InChI is InChI=1S/C7H14NO/c1-3-6(2)7-8-4-5-9-7/h6-8H,2-5H2,1H3. The van der Waals surface area contributed by atoms with Gasteiger partial charge in [0.1, 0.15) is 6.23 Å². The molecule has 1 radical (unpaired) electrons. The maximum Gasteiger partial charge on any atom is 0.111 e. The smallest absolute Gasteiger partial charge is 0.111 e. The van der Waals surface area contributed by atoms with Crippen LogP contribution in [0.15, 0.2) is 0 Å². The fourth-order valence-corrected chi connectivity index (χ4v) is 0.963. The van der Waals surface area contributed by atoms with Crippen molar-refractivity contribution in [2.24, 2.45) is 5.92 Å². The molecule has 0 amide bonds. The highest BCUT2D eigenvalue weighted by Crippen LogP contribution is 2.10. The van der Waals surface area contributed by atoms with Gasteiger partial charge in [-0.2, -0.15) is 0 Å². The molecule has 2 unspecified atom stereocenters. The largest absolute Gasteiger partial charge is 0.362 e. The van der Waals surface area contributed by atoms with Crippen molar-refractivity contribution in [2.45, 2.75) is 19.6 Å². The predicted molar refractivity (Wildman–Crippen MR) is 36.9 cm³/mol. The van der Waals surface area contributed by atoms with Crippen LogP contribution in [-0.2, 0) is 4.74 Å². The lowest BCUT2D eigenvalue weighted by molar-refractivity contribution is 0.0661. The van der Waals surface area contributed by atoms with Crippen LogP contribution in [0.25, 0.3) is 0 Å². The normalized spacial score (nSPS) is 30.7. The lowest BCUT2D eigenvalue weighted by Gasteiger charge is -2.15. The fourth-order valence-electron chi connectivity index (χ4n) is 0.963. The monoisotopic (exact) mass is 128 g/mol. The number of hydrogen-bond acceptors (Lipinski definition) is 2. The maximum atomic E-state index is 5.33. The molecule has 0 aromatic heterocycles. The SMILES string of the molecule is [CH2]C(CC)C1NCCO1. The van der Waals surface area contributed by atoms with Crippen LogP contribution in [0.2, 0.25) is 0 Å². The number of rotatable bonds is 2. The summed E-state index contributed by atoms with van der Waals surface area (Å²) in [5, 5.41) is 3.22. The van der Waals surface area contributed by atoms with Gasteiger partial charge in [-0.3, -0.25) is 5.32 Å². The van der Waals surface area contributed by atoms with Crippen molar-refractivity contribution in [3.63, 3.8) is 0 Å². The molecule has 1 N–H and O–H groups in total. The van der Waals surface area contributed by atoms with E-state index in [4.69, 9.17) is 4.74 Å². The fraction of sp³-hybridized carbons (Fsp3) is 0.857. The summed E-state index contributed by atoms with van der Waals surface area (Å²) >= 11 is 0. The molecule has 1 heterocycles. The molecule has 53 valence electrons. The van der Waals surface area contributed by atoms with Crippen molar-refractivity contribution in [2.75, 3.05) is 13.2 Å². The van der Waals surface area contributed by atoms with Gasteiger partial charge in [0.15, 0.2) is 0 Å². The average molecular weight is 128 g/mol. The van der Waals surface area contributed by atoms with E-state index in [1.807, 2.05) is 0 Å². The summed E-state index contributed by atoms with van der Waals surface area (Å²) in [6.07, 6.45) is 1.30. The summed E-state index contributed by atoms with van der Waals surface area (Å²) in [4.78, 5) is 0. The van der Waals surface area contributed by atoms with Gasteiger partial charge in [-0.25, -0.2) is 0 Å². The average Bonchev–Trinajstić information content (AvgIpc) is 2.37. The molecule has 1 fully saturated rings. The molecule has 1 aliphatic heterocycles. The van der Waals surface area contributed by atoms with Crippen molar-refractivity contribution < 1.29 is 4.74 Å². The Hall–Kier alpha value is -0.0800. The third-order valence-corrected chi connectivity index (χ3v) is 1.70. The van der Waals surface area contributed by atoms with Crippen LogP contribution in [0.4, 0.5) is 0 Å². The van der Waals surface area contributed by atoms with Gasteiger partial charge in [0.2, 0.25) is 0 Å². The topological polar surface area (TPSA) is 21.3 Å². The lowest BCUT2D eigenvalue weighted by atomic mass is 10.1. The summed E-state index contributed by atoms with van der Waals surface area (Å²) in [5.41, 5.74) is 0. The van der Waals surface area contributed by atoms with Crippen molar-refractivity contribution in [1.29, 1.82) is 0 Å². The van der Waals surface area contributed by atoms with Gasteiger partial charge in [-0.15, -0.1) is 0 Å². The minimum Gasteiger partial charge on any atom is -0.362 e. The van der Waals surface area contributed by atoms with Gasteiger partial charge in [-0.05, 0) is 19.3 Å². The van der Waals surface area contributed by atoms with Crippen LogP contribution in [0, 0.1) is 12.8 Å². The quantitative estimate of drug-likeness (QED) is 0.593. The molecule has 2 heteroatoms. The molecule has 1 saturated heterocycles. The highest BCUT2D eigenvalue weighted by molar-refractivity contribution is 4.72. The molecule has 0 aromatic rings. The van der Waals surface area contributed by atoms with E-state index in [0.717, 1.165) is 19.6 Å². The van der Waals surface area contributed by atoms with Gasteiger partial charge in [0.05, 0.1) is 6.61 Å². The summed E-state index contributed by atoms with van der Waals surface area (Å²) in [7, 11) is 0. The van der Waals surface area contributed by atoms with E-state index in [1.54, 1.807) is 0 Å². The van der Waals surface area contributed by atoms with Crippen molar-refractivity contribution in [3.05, 3.63) is 6.92 Å². The van der Waals surface area contributed by atoms with Gasteiger partial charge in [0.25, 0.3) is 0 Å². The van der Waals surface area contributed by atoms with E-state index in [-0.39, 0.29) is 6.23 Å². The molecule has 2 nitrogen and oxygen atoms in total. The lowest BCUT2D eigenvalue weighted by Crippen LogP contribution is -2.29. The maximum absolute atomic E-state index is 5.33. The summed E-state index contributed by atoms with van der Waals surface area (Å²) in [6, 6.07) is 0. The Balaban J connectivity index is 2.24. The van der Waals surface area contributed by atoms with E-state index in [9.17, 15) is 0 Å². The first-order valence-electron chi connectivity index (χ1n) is 3.52. The van der Waals surface area contributed by atoms with Crippen LogP contribution >= 0.6 is 0 Å². The molecule has 0 aromatic carbocycles. The highest BCUT2D eigenvalue weighted by atomic mass is 16.5. The Morgan fingerprint density at radius 3 is 3.11 bits per heavy atom. The Labute approximate surface area is 56.6 Å². The molecule has 9 heavy (non-hydrogen) atoms. The molecule has 1 rings (SSSR count). The molecule has 0 spiro atoms. The Kier molecular flexibility index (Phi) is 2.49. The molecule has 0 saturated carbocycles. The molecular formula is C7H14NO. The summed E-state index contributed by atoms with van der Waals surface area (Å²) in [5.74, 6) is 0.410. The third-order valence-electron chi connectivity index (χ3n) is 1.70. The van der Waals surface area contributed by atoms with Crippen molar-refractivity contribution >= 4 is 0 Å². The zero-order chi connectivity index (χ0) is 6.69. The van der Waals surface area contributed by atoms with Gasteiger partial charge in [0, 0.05) is 6.54 Å². The van der Waals surface area contributed by atoms with Crippen LogP contribution in [0.3, 0.4) is 0 Å². The first kappa shape index (κ1) is 7.03. The van der Waals surface area contributed by atoms with Gasteiger partial charge in [-0.1, -0.05) is 6.92 Å². The second kappa shape index (κ2) is 3.18. The minimum absolute atomic E-state index is 0.218. The van der Waals surface area contributed by atoms with Crippen LogP contribution < -0.4 is 5.32 Å². The Bertz CT molecular complexity index is 79.0. The predicted octanol–water partition coefficient (Wildman–Crippen LogP) is 0.793. The van der Waals surface area contributed by atoms with E-state index >= 15 is 0 Å². The van der Waals surface area contributed by atoms with E-state index in [0.29, 0.717) is 5.92 Å². The molecule has 1 aliphatic rings. The third kappa shape index (κ3) is 1.66. The first-order valence-corrected chi connectivity index (χ1v) is 3.52. The minimum atomic E-state index is 0.218. The highest BCUT2D eigenvalue weighted by Gasteiger charge is 2.19. The summed E-state index contributed by atoms with van der Waals surface area (Å²) in [6.45, 7) is 7.90. The van der Waals surface area contributed by atoms with Crippen LogP contribution in [0.1, 0.15) is 13.3 Å².